The summed E-state index contributed by atoms with van der Waals surface area (Å²) in [6.07, 6.45) is 2.27. The van der Waals surface area contributed by atoms with Gasteiger partial charge in [0.15, 0.2) is 0 Å². The molecule has 2 aliphatic heterocycles. The van der Waals surface area contributed by atoms with E-state index in [1.54, 1.807) is 0 Å². The van der Waals surface area contributed by atoms with E-state index in [9.17, 15) is 0 Å². The van der Waals surface area contributed by atoms with E-state index in [1.807, 2.05) is 13.8 Å². The van der Waals surface area contributed by atoms with Crippen molar-refractivity contribution in [1.29, 1.82) is 0 Å². The molecule has 0 aliphatic carbocycles. The van der Waals surface area contributed by atoms with Crippen molar-refractivity contribution in [2.75, 3.05) is 26.7 Å². The Morgan fingerprint density at radius 2 is 2.07 bits per heavy atom. The molecule has 4 heteroatoms. The van der Waals surface area contributed by atoms with Gasteiger partial charge in [0, 0.05) is 31.4 Å². The number of piperazine rings is 1. The minimum Gasteiger partial charge on any atom is -0.333 e. The highest BCUT2D eigenvalue weighted by atomic mass is 15.5. The zero-order chi connectivity index (χ0) is 11.0. The molecule has 1 saturated heterocycles. The summed E-state index contributed by atoms with van der Waals surface area (Å²) >= 11 is 0. The normalized spacial score (nSPS) is 23.6. The van der Waals surface area contributed by atoms with Gasteiger partial charge in [0.25, 0.3) is 0 Å². The molecule has 0 aromatic heterocycles. The predicted octanol–water partition coefficient (Wildman–Crippen LogP) is 0.283. The van der Waals surface area contributed by atoms with E-state index >= 15 is 0 Å². The quantitative estimate of drug-likeness (QED) is 0.526. The number of hydrogen-bond acceptors (Lipinski definition) is 4. The Morgan fingerprint density at radius 1 is 1.43 bits per heavy atom. The number of hydrazine groups is 1. The van der Waals surface area contributed by atoms with Crippen molar-refractivity contribution in [3.05, 3.63) is 11.8 Å². The van der Waals surface area contributed by atoms with Gasteiger partial charge in [-0.15, -0.1) is 0 Å². The Bertz CT molecular complexity index is 168. The first-order chi connectivity index (χ1) is 6.86. The topological polar surface area (TPSA) is 53.3 Å². The van der Waals surface area contributed by atoms with E-state index in [-0.39, 0.29) is 0 Å². The third kappa shape index (κ3) is 3.65. The predicted molar refractivity (Wildman–Crippen MR) is 61.7 cm³/mol. The lowest BCUT2D eigenvalue weighted by Crippen LogP contribution is -2.46. The fourth-order valence-electron chi connectivity index (χ4n) is 1.51. The van der Waals surface area contributed by atoms with Crippen LogP contribution < -0.4 is 16.5 Å². The number of fused-ring (bicyclic) bond motifs is 1. The third-order valence-electron chi connectivity index (χ3n) is 1.97. The molecule has 0 bridgehead atoms. The molecule has 0 saturated carbocycles. The highest BCUT2D eigenvalue weighted by molar-refractivity contribution is 5.13. The maximum absolute atomic E-state index is 4.50. The van der Waals surface area contributed by atoms with Crippen molar-refractivity contribution in [3.63, 3.8) is 0 Å². The minimum atomic E-state index is 0.523. The summed E-state index contributed by atoms with van der Waals surface area (Å²) in [5, 5.41) is 5.56. The van der Waals surface area contributed by atoms with E-state index in [0.29, 0.717) is 6.04 Å². The van der Waals surface area contributed by atoms with Crippen molar-refractivity contribution in [1.82, 2.24) is 15.8 Å². The largest absolute Gasteiger partial charge is 0.333 e. The fourth-order valence-corrected chi connectivity index (χ4v) is 1.51. The summed E-state index contributed by atoms with van der Waals surface area (Å²) in [6, 6.07) is 0.523. The molecule has 0 aromatic carbocycles. The summed E-state index contributed by atoms with van der Waals surface area (Å²) in [5.74, 6) is 0. The number of hydrogen-bond donors (Lipinski definition) is 3. The van der Waals surface area contributed by atoms with Gasteiger partial charge >= 0.3 is 0 Å². The first kappa shape index (κ1) is 13.4. The number of nitrogens with zero attached hydrogens (tertiary/aromatic N) is 1. The molecule has 0 aromatic rings. The maximum Gasteiger partial charge on any atom is 0.0466 e. The van der Waals surface area contributed by atoms with E-state index in [0.717, 1.165) is 19.6 Å². The number of rotatable bonds is 0. The summed E-state index contributed by atoms with van der Waals surface area (Å²) in [5.41, 5.74) is 9.26. The molecule has 1 fully saturated rings. The smallest absolute Gasteiger partial charge is 0.0466 e. The van der Waals surface area contributed by atoms with E-state index in [1.165, 1.54) is 12.7 Å². The van der Waals surface area contributed by atoms with Crippen LogP contribution in [-0.2, 0) is 0 Å². The second kappa shape index (κ2) is 7.79. The molecular weight excluding hydrogens is 176 g/mol. The molecule has 2 heterocycles. The Hall–Kier alpha value is -0.580. The van der Waals surface area contributed by atoms with Gasteiger partial charge in [-0.25, -0.2) is 5.43 Å². The minimum absolute atomic E-state index is 0.523. The highest BCUT2D eigenvalue weighted by Gasteiger charge is 2.21. The van der Waals surface area contributed by atoms with Crippen molar-refractivity contribution in [2.45, 2.75) is 26.8 Å². The summed E-state index contributed by atoms with van der Waals surface area (Å²) in [7, 11) is 1.50. The van der Waals surface area contributed by atoms with Crippen LogP contribution in [0.25, 0.3) is 0 Å². The van der Waals surface area contributed by atoms with Crippen molar-refractivity contribution in [2.24, 2.45) is 5.73 Å². The van der Waals surface area contributed by atoms with Crippen LogP contribution >= 0.6 is 0 Å². The highest BCUT2D eigenvalue weighted by Crippen LogP contribution is 2.12. The molecule has 0 spiro atoms. The lowest BCUT2D eigenvalue weighted by molar-refractivity contribution is 0.232. The molecule has 1 unspecified atom stereocenters. The average molecular weight is 200 g/mol. The van der Waals surface area contributed by atoms with Gasteiger partial charge in [-0.3, -0.25) is 0 Å². The van der Waals surface area contributed by atoms with Gasteiger partial charge < -0.3 is 16.1 Å². The SMILES string of the molecule is CC.CC1C=C2CNCCN2N1.CN. The van der Waals surface area contributed by atoms with Crippen LogP contribution in [-0.4, -0.2) is 37.7 Å². The summed E-state index contributed by atoms with van der Waals surface area (Å²) in [6.45, 7) is 9.38. The lowest BCUT2D eigenvalue weighted by atomic mass is 10.3. The monoisotopic (exact) mass is 200 g/mol. The molecule has 4 nitrogen and oxygen atoms in total. The fraction of sp³-hybridized carbons (Fsp3) is 0.800. The molecular formula is C10H24N4. The van der Waals surface area contributed by atoms with Crippen LogP contribution in [0.2, 0.25) is 0 Å². The standard InChI is InChI=1S/C7H13N3.C2H6.CH5N/c1-6-4-7-5-8-2-3-10(7)9-6;2*1-2/h4,6,8-9H,2-3,5H2,1H3;1-2H3;2H2,1H3. The molecule has 2 aliphatic rings. The van der Waals surface area contributed by atoms with Gasteiger partial charge in [-0.05, 0) is 20.0 Å². The third-order valence-corrected chi connectivity index (χ3v) is 1.97. The van der Waals surface area contributed by atoms with Crippen LogP contribution in [0.5, 0.6) is 0 Å². The van der Waals surface area contributed by atoms with Gasteiger partial charge in [0.2, 0.25) is 0 Å². The molecule has 0 amide bonds. The zero-order valence-corrected chi connectivity index (χ0v) is 9.80. The molecule has 84 valence electrons. The van der Waals surface area contributed by atoms with Gasteiger partial charge in [-0.2, -0.15) is 0 Å². The van der Waals surface area contributed by atoms with Crippen molar-refractivity contribution >= 4 is 0 Å². The van der Waals surface area contributed by atoms with Gasteiger partial charge in [0.1, 0.15) is 0 Å². The van der Waals surface area contributed by atoms with E-state index < -0.39 is 0 Å². The Labute approximate surface area is 87.5 Å². The molecule has 4 N–H and O–H groups in total. The van der Waals surface area contributed by atoms with Gasteiger partial charge in [-0.1, -0.05) is 13.8 Å². The van der Waals surface area contributed by atoms with Crippen molar-refractivity contribution in [3.8, 4) is 0 Å². The van der Waals surface area contributed by atoms with Crippen LogP contribution in [0.4, 0.5) is 0 Å². The number of nitrogens with one attached hydrogen (secondary N) is 2. The maximum atomic E-state index is 4.50. The Kier molecular flexibility index (Phi) is 7.47. The van der Waals surface area contributed by atoms with Crippen LogP contribution in [0.3, 0.4) is 0 Å². The van der Waals surface area contributed by atoms with Crippen LogP contribution in [0, 0.1) is 0 Å². The Balaban J connectivity index is 0.000000379. The van der Waals surface area contributed by atoms with Crippen LogP contribution in [0.15, 0.2) is 11.8 Å². The number of nitrogens with two attached hydrogens (primary N) is 1. The molecule has 2 rings (SSSR count). The first-order valence-electron chi connectivity index (χ1n) is 5.39. The second-order valence-electron chi connectivity index (χ2n) is 2.90. The molecule has 1 atom stereocenters. The summed E-state index contributed by atoms with van der Waals surface area (Å²) in [4.78, 5) is 0. The van der Waals surface area contributed by atoms with Crippen LogP contribution in [0.1, 0.15) is 20.8 Å². The zero-order valence-electron chi connectivity index (χ0n) is 9.80. The van der Waals surface area contributed by atoms with E-state index in [2.05, 4.69) is 34.5 Å². The molecule has 14 heavy (non-hydrogen) atoms. The molecule has 0 radical (unpaired) electrons. The lowest BCUT2D eigenvalue weighted by Gasteiger charge is -2.28. The van der Waals surface area contributed by atoms with Crippen molar-refractivity contribution < 1.29 is 0 Å². The summed E-state index contributed by atoms with van der Waals surface area (Å²) < 4.78 is 0. The average Bonchev–Trinajstić information content (AvgIpc) is 2.64. The second-order valence-corrected chi connectivity index (χ2v) is 2.90. The first-order valence-corrected chi connectivity index (χ1v) is 5.39. The van der Waals surface area contributed by atoms with E-state index in [4.69, 9.17) is 0 Å². The Morgan fingerprint density at radius 3 is 2.64 bits per heavy atom. The van der Waals surface area contributed by atoms with Gasteiger partial charge in [0.05, 0.1) is 0 Å².